The predicted octanol–water partition coefficient (Wildman–Crippen LogP) is 1.75. The Balaban J connectivity index is 1.52. The maximum absolute atomic E-state index is 5.38. The minimum atomic E-state index is 0.959. The highest BCUT2D eigenvalue weighted by atomic mass is 16.5. The lowest BCUT2D eigenvalue weighted by molar-refractivity contribution is 0.0262. The number of fused-ring (bicyclic) bond motifs is 2. The fourth-order valence-electron chi connectivity index (χ4n) is 3.72. The third-order valence-electron chi connectivity index (χ3n) is 4.48. The first-order valence-electron chi connectivity index (χ1n) is 6.22. The number of morpholine rings is 1. The van der Waals surface area contributed by atoms with E-state index in [0.717, 1.165) is 31.0 Å². The minimum Gasteiger partial charge on any atom is -0.379 e. The molecule has 3 atom stereocenters. The topological polar surface area (TPSA) is 12.5 Å². The Morgan fingerprint density at radius 2 is 1.93 bits per heavy atom. The van der Waals surface area contributed by atoms with Crippen molar-refractivity contribution in [2.45, 2.75) is 25.7 Å². The number of rotatable bonds is 2. The van der Waals surface area contributed by atoms with Gasteiger partial charge >= 0.3 is 0 Å². The second kappa shape index (κ2) is 3.82. The lowest BCUT2D eigenvalue weighted by Crippen LogP contribution is -2.40. The molecule has 2 aliphatic carbocycles. The fourth-order valence-corrected chi connectivity index (χ4v) is 3.72. The molecular formula is C12H21NO. The third kappa shape index (κ3) is 1.70. The van der Waals surface area contributed by atoms with Gasteiger partial charge in [-0.05, 0) is 37.0 Å². The van der Waals surface area contributed by atoms with Gasteiger partial charge in [-0.3, -0.25) is 4.90 Å². The van der Waals surface area contributed by atoms with Crippen LogP contribution in [0.25, 0.3) is 0 Å². The Labute approximate surface area is 86.6 Å². The summed E-state index contributed by atoms with van der Waals surface area (Å²) in [5.41, 5.74) is 0. The van der Waals surface area contributed by atoms with E-state index in [4.69, 9.17) is 4.74 Å². The van der Waals surface area contributed by atoms with Crippen molar-refractivity contribution in [2.24, 2.45) is 17.8 Å². The number of nitrogens with zero attached hydrogens (tertiary/aromatic N) is 1. The van der Waals surface area contributed by atoms with Gasteiger partial charge in [-0.2, -0.15) is 0 Å². The molecule has 2 bridgehead atoms. The average Bonchev–Trinajstić information content (AvgIpc) is 2.81. The molecule has 3 fully saturated rings. The summed E-state index contributed by atoms with van der Waals surface area (Å²) in [5.74, 6) is 3.22. The largest absolute Gasteiger partial charge is 0.379 e. The monoisotopic (exact) mass is 195 g/mol. The zero-order chi connectivity index (χ0) is 9.38. The van der Waals surface area contributed by atoms with Crippen LogP contribution in [-0.2, 0) is 4.74 Å². The van der Waals surface area contributed by atoms with Crippen LogP contribution in [0.4, 0.5) is 0 Å². The summed E-state index contributed by atoms with van der Waals surface area (Å²) >= 11 is 0. The van der Waals surface area contributed by atoms with Gasteiger partial charge < -0.3 is 4.74 Å². The molecule has 0 N–H and O–H groups in total. The van der Waals surface area contributed by atoms with Gasteiger partial charge in [0.25, 0.3) is 0 Å². The third-order valence-corrected chi connectivity index (χ3v) is 4.48. The number of hydrogen-bond acceptors (Lipinski definition) is 2. The summed E-state index contributed by atoms with van der Waals surface area (Å²) in [6, 6.07) is 0. The van der Waals surface area contributed by atoms with E-state index in [1.54, 1.807) is 6.42 Å². The quantitative estimate of drug-likeness (QED) is 0.665. The summed E-state index contributed by atoms with van der Waals surface area (Å²) in [4.78, 5) is 2.62. The molecule has 3 rings (SSSR count). The highest BCUT2D eigenvalue weighted by Gasteiger charge is 2.39. The lowest BCUT2D eigenvalue weighted by Gasteiger charge is -2.32. The fraction of sp³-hybridized carbons (Fsp3) is 1.00. The smallest absolute Gasteiger partial charge is 0.0594 e. The van der Waals surface area contributed by atoms with Crippen LogP contribution < -0.4 is 0 Å². The number of ether oxygens (including phenoxy) is 1. The molecule has 2 nitrogen and oxygen atoms in total. The highest BCUT2D eigenvalue weighted by Crippen LogP contribution is 2.48. The maximum Gasteiger partial charge on any atom is 0.0594 e. The first-order valence-corrected chi connectivity index (χ1v) is 6.22. The lowest BCUT2D eigenvalue weighted by atomic mass is 9.88. The highest BCUT2D eigenvalue weighted by molar-refractivity contribution is 4.91. The molecule has 0 aromatic heterocycles. The second-order valence-electron chi connectivity index (χ2n) is 5.35. The van der Waals surface area contributed by atoms with Gasteiger partial charge in [0.15, 0.2) is 0 Å². The Morgan fingerprint density at radius 3 is 2.57 bits per heavy atom. The van der Waals surface area contributed by atoms with Gasteiger partial charge in [0, 0.05) is 19.6 Å². The minimum absolute atomic E-state index is 0.959. The average molecular weight is 195 g/mol. The van der Waals surface area contributed by atoms with Crippen molar-refractivity contribution < 1.29 is 4.74 Å². The first-order chi connectivity index (χ1) is 6.92. The van der Waals surface area contributed by atoms with Crippen LogP contribution in [0.3, 0.4) is 0 Å². The Morgan fingerprint density at radius 1 is 1.07 bits per heavy atom. The Hall–Kier alpha value is -0.0800. The van der Waals surface area contributed by atoms with Crippen molar-refractivity contribution in [3.05, 3.63) is 0 Å². The van der Waals surface area contributed by atoms with Crippen LogP contribution in [0.2, 0.25) is 0 Å². The van der Waals surface area contributed by atoms with Gasteiger partial charge in [0.05, 0.1) is 13.2 Å². The van der Waals surface area contributed by atoms with Crippen molar-refractivity contribution in [1.29, 1.82) is 0 Å². The summed E-state index contributed by atoms with van der Waals surface area (Å²) in [7, 11) is 0. The SMILES string of the molecule is C1CN(CC2CC3CCC2C3)CCO1. The van der Waals surface area contributed by atoms with E-state index in [9.17, 15) is 0 Å². The van der Waals surface area contributed by atoms with Crippen LogP contribution in [0.15, 0.2) is 0 Å². The molecule has 14 heavy (non-hydrogen) atoms. The van der Waals surface area contributed by atoms with Crippen molar-refractivity contribution in [2.75, 3.05) is 32.8 Å². The number of hydrogen-bond donors (Lipinski definition) is 0. The molecule has 2 heteroatoms. The zero-order valence-corrected chi connectivity index (χ0v) is 8.95. The maximum atomic E-state index is 5.38. The summed E-state index contributed by atoms with van der Waals surface area (Å²) in [6.45, 7) is 5.63. The van der Waals surface area contributed by atoms with Crippen LogP contribution in [-0.4, -0.2) is 37.7 Å². The summed E-state index contributed by atoms with van der Waals surface area (Å²) < 4.78 is 5.38. The van der Waals surface area contributed by atoms with E-state index in [1.807, 2.05) is 0 Å². The molecule has 0 aromatic carbocycles. The zero-order valence-electron chi connectivity index (χ0n) is 8.95. The van der Waals surface area contributed by atoms with Gasteiger partial charge in [-0.15, -0.1) is 0 Å². The van der Waals surface area contributed by atoms with Crippen LogP contribution in [0, 0.1) is 17.8 Å². The normalized spacial score (nSPS) is 43.3. The molecular weight excluding hydrogens is 174 g/mol. The molecule has 80 valence electrons. The van der Waals surface area contributed by atoms with E-state index in [0.29, 0.717) is 0 Å². The molecule has 0 spiro atoms. The Bertz CT molecular complexity index is 200. The van der Waals surface area contributed by atoms with Gasteiger partial charge in [-0.25, -0.2) is 0 Å². The van der Waals surface area contributed by atoms with E-state index in [1.165, 1.54) is 38.9 Å². The van der Waals surface area contributed by atoms with Crippen molar-refractivity contribution >= 4 is 0 Å². The summed E-state index contributed by atoms with van der Waals surface area (Å²) in [5, 5.41) is 0. The second-order valence-corrected chi connectivity index (χ2v) is 5.35. The molecule has 3 unspecified atom stereocenters. The molecule has 1 saturated heterocycles. The van der Waals surface area contributed by atoms with Crippen LogP contribution >= 0.6 is 0 Å². The van der Waals surface area contributed by atoms with Gasteiger partial charge in [-0.1, -0.05) is 6.42 Å². The predicted molar refractivity (Wildman–Crippen MR) is 56.2 cm³/mol. The molecule has 0 radical (unpaired) electrons. The van der Waals surface area contributed by atoms with Crippen LogP contribution in [0.1, 0.15) is 25.7 Å². The van der Waals surface area contributed by atoms with Crippen molar-refractivity contribution in [3.63, 3.8) is 0 Å². The Kier molecular flexibility index (Phi) is 2.50. The van der Waals surface area contributed by atoms with Gasteiger partial charge in [0.1, 0.15) is 0 Å². The van der Waals surface area contributed by atoms with E-state index in [2.05, 4.69) is 4.90 Å². The molecule has 2 saturated carbocycles. The van der Waals surface area contributed by atoms with E-state index in [-0.39, 0.29) is 0 Å². The van der Waals surface area contributed by atoms with Crippen molar-refractivity contribution in [1.82, 2.24) is 4.90 Å². The first kappa shape index (κ1) is 9.17. The van der Waals surface area contributed by atoms with Crippen LogP contribution in [0.5, 0.6) is 0 Å². The standard InChI is InChI=1S/C12H21NO/c1-2-11-7-10(1)8-12(11)9-13-3-5-14-6-4-13/h10-12H,1-9H2. The molecule has 1 heterocycles. The summed E-state index contributed by atoms with van der Waals surface area (Å²) in [6.07, 6.45) is 6.14. The molecule has 1 aliphatic heterocycles. The molecule has 0 aromatic rings. The van der Waals surface area contributed by atoms with E-state index < -0.39 is 0 Å². The molecule has 3 aliphatic rings. The van der Waals surface area contributed by atoms with E-state index >= 15 is 0 Å². The molecule has 0 amide bonds. The van der Waals surface area contributed by atoms with Crippen molar-refractivity contribution in [3.8, 4) is 0 Å². The van der Waals surface area contributed by atoms with Gasteiger partial charge in [0.2, 0.25) is 0 Å².